The van der Waals surface area contributed by atoms with E-state index in [9.17, 15) is 4.79 Å². The summed E-state index contributed by atoms with van der Waals surface area (Å²) in [4.78, 5) is 12.8. The summed E-state index contributed by atoms with van der Waals surface area (Å²) in [5, 5.41) is 7.28. The Hall–Kier alpha value is -1.32. The molecule has 1 unspecified atom stereocenters. The molecule has 0 aliphatic heterocycles. The van der Waals surface area contributed by atoms with Crippen LogP contribution in [0.4, 0.5) is 0 Å². The molecule has 0 saturated heterocycles. The van der Waals surface area contributed by atoms with E-state index in [1.54, 1.807) is 0 Å². The highest BCUT2D eigenvalue weighted by atomic mass is 16.5. The highest BCUT2D eigenvalue weighted by Gasteiger charge is 2.55. The zero-order valence-corrected chi connectivity index (χ0v) is 13.6. The van der Waals surface area contributed by atoms with Crippen molar-refractivity contribution in [1.82, 2.24) is 10.5 Å². The molecule has 1 aromatic rings. The summed E-state index contributed by atoms with van der Waals surface area (Å²) < 4.78 is 5.23. The predicted molar refractivity (Wildman–Crippen MR) is 81.1 cm³/mol. The molecule has 3 rings (SSSR count). The van der Waals surface area contributed by atoms with Crippen molar-refractivity contribution in [3.8, 4) is 0 Å². The van der Waals surface area contributed by atoms with Gasteiger partial charge in [0, 0.05) is 11.6 Å². The van der Waals surface area contributed by atoms with Gasteiger partial charge in [-0.15, -0.1) is 0 Å². The Balaban J connectivity index is 1.71. The van der Waals surface area contributed by atoms with Crippen molar-refractivity contribution in [2.75, 3.05) is 0 Å². The van der Waals surface area contributed by atoms with Crippen LogP contribution in [0.25, 0.3) is 0 Å². The molecule has 2 saturated carbocycles. The van der Waals surface area contributed by atoms with E-state index in [1.165, 1.54) is 32.1 Å². The molecule has 1 aromatic heterocycles. The molecule has 21 heavy (non-hydrogen) atoms. The van der Waals surface area contributed by atoms with Gasteiger partial charge in [-0.05, 0) is 52.4 Å². The zero-order chi connectivity index (χ0) is 15.3. The van der Waals surface area contributed by atoms with E-state index in [-0.39, 0.29) is 5.91 Å². The number of hydrogen-bond acceptors (Lipinski definition) is 3. The fourth-order valence-electron chi connectivity index (χ4n) is 4.19. The first-order valence-electron chi connectivity index (χ1n) is 8.11. The molecule has 0 aromatic carbocycles. The average molecular weight is 290 g/mol. The molecule has 1 atom stereocenters. The van der Waals surface area contributed by atoms with Gasteiger partial charge in [0.15, 0.2) is 0 Å². The quantitative estimate of drug-likeness (QED) is 0.928. The van der Waals surface area contributed by atoms with Gasteiger partial charge in [0.05, 0.1) is 11.1 Å². The van der Waals surface area contributed by atoms with Crippen molar-refractivity contribution >= 4 is 5.91 Å². The molecule has 116 valence electrons. The standard InChI is InChI=1S/C17H26N2O2/c1-11-14(12(2)21-19-11)16(3,4)15(20)18-13-10-17(13)8-6-5-7-9-17/h13H,5-10H2,1-4H3,(H,18,20). The molecule has 2 aliphatic rings. The fourth-order valence-corrected chi connectivity index (χ4v) is 4.19. The monoisotopic (exact) mass is 290 g/mol. The lowest BCUT2D eigenvalue weighted by Crippen LogP contribution is -2.43. The summed E-state index contributed by atoms with van der Waals surface area (Å²) in [6.45, 7) is 7.71. The second kappa shape index (κ2) is 4.85. The molecule has 1 amide bonds. The first-order chi connectivity index (χ1) is 9.87. The van der Waals surface area contributed by atoms with E-state index in [0.29, 0.717) is 11.5 Å². The molecule has 1 heterocycles. The third kappa shape index (κ3) is 2.39. The highest BCUT2D eigenvalue weighted by Crippen LogP contribution is 2.56. The molecule has 4 heteroatoms. The smallest absolute Gasteiger partial charge is 0.230 e. The number of rotatable bonds is 3. The Kier molecular flexibility index (Phi) is 3.38. The van der Waals surface area contributed by atoms with Gasteiger partial charge >= 0.3 is 0 Å². The van der Waals surface area contributed by atoms with Crippen LogP contribution in [-0.4, -0.2) is 17.1 Å². The zero-order valence-electron chi connectivity index (χ0n) is 13.6. The molecule has 0 radical (unpaired) electrons. The van der Waals surface area contributed by atoms with Gasteiger partial charge in [0.25, 0.3) is 0 Å². The van der Waals surface area contributed by atoms with E-state index < -0.39 is 5.41 Å². The van der Waals surface area contributed by atoms with Crippen LogP contribution in [-0.2, 0) is 10.2 Å². The molecule has 1 N–H and O–H groups in total. The number of carbonyl (C=O) groups excluding carboxylic acids is 1. The first kappa shape index (κ1) is 14.6. The van der Waals surface area contributed by atoms with E-state index in [4.69, 9.17) is 4.52 Å². The molecule has 4 nitrogen and oxygen atoms in total. The summed E-state index contributed by atoms with van der Waals surface area (Å²) in [7, 11) is 0. The maximum absolute atomic E-state index is 12.8. The lowest BCUT2D eigenvalue weighted by molar-refractivity contribution is -0.126. The number of aromatic nitrogens is 1. The Labute approximate surface area is 126 Å². The van der Waals surface area contributed by atoms with Crippen LogP contribution in [0, 0.1) is 19.3 Å². The van der Waals surface area contributed by atoms with Gasteiger partial charge in [0.2, 0.25) is 5.91 Å². The molecule has 2 fully saturated rings. The summed E-state index contributed by atoms with van der Waals surface area (Å²) >= 11 is 0. The van der Waals surface area contributed by atoms with Crippen LogP contribution >= 0.6 is 0 Å². The molecule has 0 bridgehead atoms. The summed E-state index contributed by atoms with van der Waals surface area (Å²) in [5.74, 6) is 0.847. The number of aryl methyl sites for hydroxylation is 2. The third-order valence-corrected chi connectivity index (χ3v) is 5.57. The van der Waals surface area contributed by atoms with Crippen LogP contribution in [0.5, 0.6) is 0 Å². The second-order valence-corrected chi connectivity index (χ2v) is 7.48. The largest absolute Gasteiger partial charge is 0.361 e. The Morgan fingerprint density at radius 2 is 1.95 bits per heavy atom. The molecular formula is C17H26N2O2. The van der Waals surface area contributed by atoms with Crippen molar-refractivity contribution in [2.24, 2.45) is 5.41 Å². The van der Waals surface area contributed by atoms with Crippen molar-refractivity contribution in [3.63, 3.8) is 0 Å². The lowest BCUT2D eigenvalue weighted by Gasteiger charge is -2.26. The van der Waals surface area contributed by atoms with E-state index in [1.807, 2.05) is 27.7 Å². The van der Waals surface area contributed by atoms with Gasteiger partial charge < -0.3 is 9.84 Å². The molecule has 2 aliphatic carbocycles. The minimum atomic E-state index is -0.591. The second-order valence-electron chi connectivity index (χ2n) is 7.48. The van der Waals surface area contributed by atoms with Crippen LogP contribution in [0.15, 0.2) is 4.52 Å². The predicted octanol–water partition coefficient (Wildman–Crippen LogP) is 3.41. The van der Waals surface area contributed by atoms with Crippen LogP contribution < -0.4 is 5.32 Å². The van der Waals surface area contributed by atoms with Crippen molar-refractivity contribution in [2.45, 2.75) is 77.7 Å². The maximum atomic E-state index is 12.8. The number of hydrogen-bond donors (Lipinski definition) is 1. The third-order valence-electron chi connectivity index (χ3n) is 5.57. The Morgan fingerprint density at radius 1 is 1.29 bits per heavy atom. The van der Waals surface area contributed by atoms with Gasteiger partial charge in [0.1, 0.15) is 5.76 Å². The van der Waals surface area contributed by atoms with E-state index in [0.717, 1.165) is 23.4 Å². The summed E-state index contributed by atoms with van der Waals surface area (Å²) in [6, 6.07) is 0.380. The number of nitrogens with one attached hydrogen (secondary N) is 1. The first-order valence-corrected chi connectivity index (χ1v) is 8.11. The lowest BCUT2D eigenvalue weighted by atomic mass is 9.82. The van der Waals surface area contributed by atoms with Crippen molar-refractivity contribution in [1.29, 1.82) is 0 Å². The van der Waals surface area contributed by atoms with Crippen LogP contribution in [0.3, 0.4) is 0 Å². The Morgan fingerprint density at radius 3 is 2.52 bits per heavy atom. The minimum absolute atomic E-state index is 0.101. The van der Waals surface area contributed by atoms with E-state index >= 15 is 0 Å². The minimum Gasteiger partial charge on any atom is -0.361 e. The van der Waals surface area contributed by atoms with Crippen LogP contribution in [0.2, 0.25) is 0 Å². The summed E-state index contributed by atoms with van der Waals surface area (Å²) in [6.07, 6.45) is 7.72. The van der Waals surface area contributed by atoms with Crippen LogP contribution in [0.1, 0.15) is 69.4 Å². The maximum Gasteiger partial charge on any atom is 0.230 e. The highest BCUT2D eigenvalue weighted by molar-refractivity contribution is 5.88. The molecule has 1 spiro atoms. The number of amides is 1. The SMILES string of the molecule is Cc1noc(C)c1C(C)(C)C(=O)NC1CC12CCCCC2. The number of carbonyl (C=O) groups is 1. The normalized spacial score (nSPS) is 24.1. The fraction of sp³-hybridized carbons (Fsp3) is 0.765. The summed E-state index contributed by atoms with van der Waals surface area (Å²) in [5.41, 5.74) is 1.57. The Bertz CT molecular complexity index is 534. The van der Waals surface area contributed by atoms with Gasteiger partial charge in [-0.3, -0.25) is 4.79 Å². The number of nitrogens with zero attached hydrogens (tertiary/aromatic N) is 1. The van der Waals surface area contributed by atoms with E-state index in [2.05, 4.69) is 10.5 Å². The van der Waals surface area contributed by atoms with Gasteiger partial charge in [-0.25, -0.2) is 0 Å². The van der Waals surface area contributed by atoms with Crippen molar-refractivity contribution < 1.29 is 9.32 Å². The molecular weight excluding hydrogens is 264 g/mol. The van der Waals surface area contributed by atoms with Gasteiger partial charge in [-0.1, -0.05) is 24.4 Å². The van der Waals surface area contributed by atoms with Crippen molar-refractivity contribution in [3.05, 3.63) is 17.0 Å². The van der Waals surface area contributed by atoms with Gasteiger partial charge in [-0.2, -0.15) is 0 Å². The topological polar surface area (TPSA) is 55.1 Å². The average Bonchev–Trinajstić information content (AvgIpc) is 2.94.